The fraction of sp³-hybridized carbons (Fsp3) is 0.667. The number of benzene rings is 1. The van der Waals surface area contributed by atoms with Crippen LogP contribution in [0.25, 0.3) is 11.0 Å². The van der Waals surface area contributed by atoms with Crippen LogP contribution in [-0.4, -0.2) is 54.4 Å². The molecule has 2 fully saturated rings. The Kier molecular flexibility index (Phi) is 5.51. The third-order valence-electron chi connectivity index (χ3n) is 6.63. The highest BCUT2D eigenvalue weighted by molar-refractivity contribution is 7.89. The predicted octanol–water partition coefficient (Wildman–Crippen LogP) is 3.32. The molecule has 0 amide bonds. The number of nitrogens with zero attached hydrogens (tertiary/aromatic N) is 4. The van der Waals surface area contributed by atoms with Gasteiger partial charge >= 0.3 is 0 Å². The zero-order valence-electron chi connectivity index (χ0n) is 17.3. The van der Waals surface area contributed by atoms with Crippen molar-refractivity contribution >= 4 is 21.1 Å². The Labute approximate surface area is 168 Å². The number of fused-ring (bicyclic) bond motifs is 2. The summed E-state index contributed by atoms with van der Waals surface area (Å²) in [7, 11) is -0.326. The lowest BCUT2D eigenvalue weighted by Gasteiger charge is -2.41. The molecule has 7 heteroatoms. The molecule has 28 heavy (non-hydrogen) atoms. The molecule has 4 rings (SSSR count). The maximum absolute atomic E-state index is 12.5. The molecule has 2 aliphatic rings. The van der Waals surface area contributed by atoms with Gasteiger partial charge in [-0.15, -0.1) is 0 Å². The lowest BCUT2D eigenvalue weighted by Crippen LogP contribution is -2.41. The van der Waals surface area contributed by atoms with Gasteiger partial charge in [0.15, 0.2) is 0 Å². The number of hydrogen-bond donors (Lipinski definition) is 0. The second-order valence-corrected chi connectivity index (χ2v) is 10.7. The van der Waals surface area contributed by atoms with Crippen molar-refractivity contribution in [2.75, 3.05) is 27.2 Å². The average molecular weight is 405 g/mol. The van der Waals surface area contributed by atoms with Gasteiger partial charge < -0.3 is 4.57 Å². The molecule has 1 saturated carbocycles. The molecule has 2 aromatic rings. The number of hydrogen-bond acceptors (Lipinski definition) is 4. The van der Waals surface area contributed by atoms with Crippen molar-refractivity contribution in [2.45, 2.75) is 57.0 Å². The van der Waals surface area contributed by atoms with Crippen LogP contribution in [0, 0.1) is 11.8 Å². The summed E-state index contributed by atoms with van der Waals surface area (Å²) in [6.07, 6.45) is 6.88. The van der Waals surface area contributed by atoms with Gasteiger partial charge in [-0.3, -0.25) is 4.90 Å². The minimum atomic E-state index is -3.45. The highest BCUT2D eigenvalue weighted by Gasteiger charge is 2.31. The largest absolute Gasteiger partial charge is 0.327 e. The molecule has 0 N–H and O–H groups in total. The Morgan fingerprint density at radius 3 is 2.61 bits per heavy atom. The van der Waals surface area contributed by atoms with E-state index >= 15 is 0 Å². The molecule has 6 nitrogen and oxygen atoms in total. The van der Waals surface area contributed by atoms with Crippen molar-refractivity contribution in [3.05, 3.63) is 24.0 Å². The second-order valence-electron chi connectivity index (χ2n) is 8.54. The summed E-state index contributed by atoms with van der Waals surface area (Å²) in [4.78, 5) is 7.71. The number of aromatic nitrogens is 2. The Bertz CT molecular complexity index is 951. The molecule has 1 aromatic carbocycles. The van der Waals surface area contributed by atoms with Gasteiger partial charge in [0.1, 0.15) is 5.82 Å². The van der Waals surface area contributed by atoms with Crippen LogP contribution < -0.4 is 0 Å². The van der Waals surface area contributed by atoms with Crippen LogP contribution in [0.3, 0.4) is 0 Å². The van der Waals surface area contributed by atoms with Crippen LogP contribution >= 0.6 is 0 Å². The van der Waals surface area contributed by atoms with Gasteiger partial charge in [-0.1, -0.05) is 19.3 Å². The first-order valence-corrected chi connectivity index (χ1v) is 12.0. The minimum absolute atomic E-state index is 0.306. The summed E-state index contributed by atoms with van der Waals surface area (Å²) in [5.74, 6) is 2.82. The summed E-state index contributed by atoms with van der Waals surface area (Å²) in [6.45, 7) is 6.14. The fourth-order valence-electron chi connectivity index (χ4n) is 5.02. The Hall–Kier alpha value is -1.44. The highest BCUT2D eigenvalue weighted by atomic mass is 32.2. The monoisotopic (exact) mass is 404 g/mol. The summed E-state index contributed by atoms with van der Waals surface area (Å²) >= 11 is 0. The van der Waals surface area contributed by atoms with Crippen molar-refractivity contribution in [2.24, 2.45) is 11.8 Å². The summed E-state index contributed by atoms with van der Waals surface area (Å²) in [6, 6.07) is 5.32. The first-order valence-electron chi connectivity index (χ1n) is 10.5. The van der Waals surface area contributed by atoms with E-state index in [9.17, 15) is 8.42 Å². The van der Waals surface area contributed by atoms with Crippen LogP contribution in [0.1, 0.15) is 44.9 Å². The van der Waals surface area contributed by atoms with Gasteiger partial charge in [0.05, 0.1) is 22.5 Å². The fourth-order valence-corrected chi connectivity index (χ4v) is 5.95. The number of imidazole rings is 1. The average Bonchev–Trinajstić information content (AvgIpc) is 3.03. The maximum Gasteiger partial charge on any atom is 0.242 e. The quantitative estimate of drug-likeness (QED) is 0.767. The second kappa shape index (κ2) is 7.76. The van der Waals surface area contributed by atoms with Crippen LogP contribution in [0.15, 0.2) is 23.1 Å². The van der Waals surface area contributed by atoms with Crippen LogP contribution in [0.4, 0.5) is 0 Å². The number of aryl methyl sites for hydroxylation is 1. The molecule has 154 valence electrons. The summed E-state index contributed by atoms with van der Waals surface area (Å²) in [5.41, 5.74) is 1.79. The van der Waals surface area contributed by atoms with E-state index in [-0.39, 0.29) is 0 Å². The van der Waals surface area contributed by atoms with E-state index in [2.05, 4.69) is 16.4 Å². The standard InChI is InChI=1S/C21H32N4O2S/c1-4-25-20-10-9-18(28(26,27)23(2)3)13-19(20)22-21(25)15-24-12-11-16-7-5-6-8-17(16)14-24/h9-10,13,16-17H,4-8,11-12,14-15H2,1-3H3. The van der Waals surface area contributed by atoms with Crippen molar-refractivity contribution < 1.29 is 8.42 Å². The number of sulfonamides is 1. The normalized spacial score (nSPS) is 24.0. The molecular formula is C21H32N4O2S. The van der Waals surface area contributed by atoms with Gasteiger partial charge in [-0.2, -0.15) is 0 Å². The first kappa shape index (κ1) is 19.9. The number of likely N-dealkylation sites (tertiary alicyclic amines) is 1. The zero-order chi connectivity index (χ0) is 19.9. The van der Waals surface area contributed by atoms with Crippen LogP contribution in [-0.2, 0) is 23.1 Å². The van der Waals surface area contributed by atoms with Crippen molar-refractivity contribution in [1.82, 2.24) is 18.8 Å². The third-order valence-corrected chi connectivity index (χ3v) is 8.44. The lowest BCUT2D eigenvalue weighted by atomic mass is 9.75. The van der Waals surface area contributed by atoms with Gasteiger partial charge in [-0.25, -0.2) is 17.7 Å². The van der Waals surface area contributed by atoms with Gasteiger partial charge in [-0.05, 0) is 56.3 Å². The van der Waals surface area contributed by atoms with E-state index in [1.165, 1.54) is 43.0 Å². The lowest BCUT2D eigenvalue weighted by molar-refractivity contribution is 0.0797. The first-order chi connectivity index (χ1) is 13.4. The number of rotatable bonds is 5. The SMILES string of the molecule is CCn1c(CN2CCC3CCCCC3C2)nc2cc(S(=O)(=O)N(C)C)ccc21. The van der Waals surface area contributed by atoms with Gasteiger partial charge in [0.25, 0.3) is 0 Å². The summed E-state index contributed by atoms with van der Waals surface area (Å²) < 4.78 is 28.4. The van der Waals surface area contributed by atoms with E-state index in [0.717, 1.165) is 48.3 Å². The van der Waals surface area contributed by atoms with Crippen molar-refractivity contribution in [1.29, 1.82) is 0 Å². The zero-order valence-corrected chi connectivity index (χ0v) is 18.1. The molecule has 1 saturated heterocycles. The predicted molar refractivity (Wildman–Crippen MR) is 112 cm³/mol. The molecule has 0 radical (unpaired) electrons. The molecule has 1 aliphatic heterocycles. The maximum atomic E-state index is 12.5. The van der Waals surface area contributed by atoms with E-state index in [1.807, 2.05) is 6.07 Å². The summed E-state index contributed by atoms with van der Waals surface area (Å²) in [5, 5.41) is 0. The molecule has 2 atom stereocenters. The highest BCUT2D eigenvalue weighted by Crippen LogP contribution is 2.36. The van der Waals surface area contributed by atoms with E-state index in [1.54, 1.807) is 26.2 Å². The van der Waals surface area contributed by atoms with E-state index in [0.29, 0.717) is 4.90 Å². The third kappa shape index (κ3) is 3.60. The Balaban J connectivity index is 1.60. The molecule has 1 aliphatic carbocycles. The minimum Gasteiger partial charge on any atom is -0.327 e. The number of piperidine rings is 1. The molecule has 2 unspecified atom stereocenters. The van der Waals surface area contributed by atoms with E-state index < -0.39 is 10.0 Å². The van der Waals surface area contributed by atoms with Crippen LogP contribution in [0.2, 0.25) is 0 Å². The van der Waals surface area contributed by atoms with Crippen molar-refractivity contribution in [3.8, 4) is 0 Å². The molecule has 1 aromatic heterocycles. The molecule has 0 bridgehead atoms. The topological polar surface area (TPSA) is 58.4 Å². The van der Waals surface area contributed by atoms with Crippen LogP contribution in [0.5, 0.6) is 0 Å². The molecule has 2 heterocycles. The Morgan fingerprint density at radius 1 is 1.14 bits per heavy atom. The van der Waals surface area contributed by atoms with Gasteiger partial charge in [0, 0.05) is 27.2 Å². The molecule has 0 spiro atoms. The Morgan fingerprint density at radius 2 is 1.89 bits per heavy atom. The van der Waals surface area contributed by atoms with Crippen molar-refractivity contribution in [3.63, 3.8) is 0 Å². The van der Waals surface area contributed by atoms with E-state index in [4.69, 9.17) is 4.98 Å². The molecular weight excluding hydrogens is 372 g/mol. The smallest absolute Gasteiger partial charge is 0.242 e. The van der Waals surface area contributed by atoms with Gasteiger partial charge in [0.2, 0.25) is 10.0 Å².